The van der Waals surface area contributed by atoms with Crippen molar-refractivity contribution in [1.82, 2.24) is 0 Å². The van der Waals surface area contributed by atoms with Gasteiger partial charge < -0.3 is 24.8 Å². The van der Waals surface area contributed by atoms with E-state index in [4.69, 9.17) is 9.47 Å². The number of hydrogen-bond acceptors (Lipinski definition) is 5. The van der Waals surface area contributed by atoms with Crippen LogP contribution in [0.1, 0.15) is 39.5 Å². The molecule has 17 heavy (non-hydrogen) atoms. The molecule has 0 saturated carbocycles. The molecular formula is C12H26O5. The van der Waals surface area contributed by atoms with Gasteiger partial charge in [-0.15, -0.1) is 0 Å². The molecule has 1 atom stereocenters. The molecule has 0 aliphatic carbocycles. The maximum Gasteiger partial charge on any atom is 0.191 e. The molecule has 0 aliphatic rings. The summed E-state index contributed by atoms with van der Waals surface area (Å²) >= 11 is 0. The first kappa shape index (κ1) is 16.8. The molecule has 0 radical (unpaired) electrons. The zero-order chi connectivity index (χ0) is 13.1. The highest BCUT2D eigenvalue weighted by atomic mass is 16.5. The molecule has 0 aromatic rings. The van der Waals surface area contributed by atoms with Crippen molar-refractivity contribution < 1.29 is 24.8 Å². The van der Waals surface area contributed by atoms with E-state index in [-0.39, 0.29) is 13.0 Å². The van der Waals surface area contributed by atoms with Crippen LogP contribution in [0.15, 0.2) is 0 Å². The minimum atomic E-state index is -2.06. The van der Waals surface area contributed by atoms with E-state index < -0.39 is 11.9 Å². The summed E-state index contributed by atoms with van der Waals surface area (Å²) < 4.78 is 10.4. The summed E-state index contributed by atoms with van der Waals surface area (Å²) in [7, 11) is 0. The van der Waals surface area contributed by atoms with Crippen molar-refractivity contribution in [3.63, 3.8) is 0 Å². The van der Waals surface area contributed by atoms with Crippen LogP contribution in [0.4, 0.5) is 0 Å². The predicted octanol–water partition coefficient (Wildman–Crippen LogP) is 0.662. The Hall–Kier alpha value is -0.200. The largest absolute Gasteiger partial charge is 0.385 e. The molecule has 5 heteroatoms. The van der Waals surface area contributed by atoms with Crippen molar-refractivity contribution in [2.75, 3.05) is 26.4 Å². The predicted molar refractivity (Wildman–Crippen MR) is 64.6 cm³/mol. The number of unbranched alkanes of at least 4 members (excludes halogenated alkanes) is 1. The van der Waals surface area contributed by atoms with Gasteiger partial charge in [0.1, 0.15) is 6.10 Å². The summed E-state index contributed by atoms with van der Waals surface area (Å²) in [6, 6.07) is 0. The molecular weight excluding hydrogens is 224 g/mol. The van der Waals surface area contributed by atoms with Gasteiger partial charge >= 0.3 is 0 Å². The van der Waals surface area contributed by atoms with Crippen LogP contribution in [-0.4, -0.2) is 53.6 Å². The van der Waals surface area contributed by atoms with Crippen LogP contribution in [0.5, 0.6) is 0 Å². The number of ether oxygens (including phenoxy) is 2. The maximum absolute atomic E-state index is 9.48. The molecule has 5 nitrogen and oxygen atoms in total. The highest BCUT2D eigenvalue weighted by Gasteiger charge is 2.31. The van der Waals surface area contributed by atoms with E-state index in [1.54, 1.807) is 0 Å². The summed E-state index contributed by atoms with van der Waals surface area (Å²) in [6.07, 6.45) is 1.55. The fraction of sp³-hybridized carbons (Fsp3) is 1.00. The average molecular weight is 250 g/mol. The van der Waals surface area contributed by atoms with Crippen molar-refractivity contribution in [1.29, 1.82) is 0 Å². The topological polar surface area (TPSA) is 79.2 Å². The van der Waals surface area contributed by atoms with Crippen LogP contribution in [0.2, 0.25) is 0 Å². The van der Waals surface area contributed by atoms with Gasteiger partial charge in [0.05, 0.1) is 19.8 Å². The van der Waals surface area contributed by atoms with Gasteiger partial charge in [-0.1, -0.05) is 26.7 Å². The quantitative estimate of drug-likeness (QED) is 0.371. The molecule has 0 aliphatic heterocycles. The van der Waals surface area contributed by atoms with Gasteiger partial charge in [-0.05, 0) is 6.42 Å². The Morgan fingerprint density at radius 3 is 2.24 bits per heavy atom. The standard InChI is InChI=1S/C12H26O5/c1-3-5-7-16-8-9-17-10-11(13)12(14,15)6-4-2/h11,13-15H,3-10H2,1-2H3. The lowest BCUT2D eigenvalue weighted by atomic mass is 10.1. The van der Waals surface area contributed by atoms with Gasteiger partial charge in [0.15, 0.2) is 5.79 Å². The Morgan fingerprint density at radius 1 is 1.00 bits per heavy atom. The molecule has 0 aromatic heterocycles. The summed E-state index contributed by atoms with van der Waals surface area (Å²) in [5.41, 5.74) is 0. The van der Waals surface area contributed by atoms with Crippen LogP contribution in [0.3, 0.4) is 0 Å². The minimum Gasteiger partial charge on any atom is -0.385 e. The third kappa shape index (κ3) is 8.51. The van der Waals surface area contributed by atoms with E-state index in [0.29, 0.717) is 26.2 Å². The molecule has 0 spiro atoms. The third-order valence-corrected chi connectivity index (χ3v) is 2.44. The van der Waals surface area contributed by atoms with Gasteiger partial charge in [-0.2, -0.15) is 0 Å². The number of rotatable bonds is 11. The van der Waals surface area contributed by atoms with Crippen LogP contribution >= 0.6 is 0 Å². The molecule has 0 heterocycles. The van der Waals surface area contributed by atoms with E-state index in [2.05, 4.69) is 6.92 Å². The van der Waals surface area contributed by atoms with Gasteiger partial charge in [-0.3, -0.25) is 0 Å². The van der Waals surface area contributed by atoms with Gasteiger partial charge in [0.2, 0.25) is 0 Å². The summed E-state index contributed by atoms with van der Waals surface area (Å²) in [5.74, 6) is -2.06. The first-order valence-corrected chi connectivity index (χ1v) is 6.32. The number of aliphatic hydroxyl groups excluding tert-OH is 1. The van der Waals surface area contributed by atoms with E-state index in [1.165, 1.54) is 0 Å². The van der Waals surface area contributed by atoms with Gasteiger partial charge in [0, 0.05) is 13.0 Å². The van der Waals surface area contributed by atoms with Crippen molar-refractivity contribution in [2.24, 2.45) is 0 Å². The lowest BCUT2D eigenvalue weighted by Crippen LogP contribution is -2.45. The Morgan fingerprint density at radius 2 is 1.65 bits per heavy atom. The van der Waals surface area contributed by atoms with Crippen molar-refractivity contribution in [2.45, 2.75) is 51.4 Å². The fourth-order valence-corrected chi connectivity index (χ4v) is 1.33. The van der Waals surface area contributed by atoms with Crippen LogP contribution in [-0.2, 0) is 9.47 Å². The van der Waals surface area contributed by atoms with Gasteiger partial charge in [0.25, 0.3) is 0 Å². The second kappa shape index (κ2) is 9.79. The molecule has 0 aromatic carbocycles. The van der Waals surface area contributed by atoms with Crippen LogP contribution in [0, 0.1) is 0 Å². The SMILES string of the molecule is CCCCOCCOCC(O)C(O)(O)CCC. The van der Waals surface area contributed by atoms with Crippen molar-refractivity contribution in [3.05, 3.63) is 0 Å². The minimum absolute atomic E-state index is 0.0931. The molecule has 0 fully saturated rings. The third-order valence-electron chi connectivity index (χ3n) is 2.44. The number of hydrogen-bond donors (Lipinski definition) is 3. The summed E-state index contributed by atoms with van der Waals surface area (Å²) in [5, 5.41) is 28.4. The van der Waals surface area contributed by atoms with Crippen LogP contribution in [0.25, 0.3) is 0 Å². The molecule has 3 N–H and O–H groups in total. The van der Waals surface area contributed by atoms with E-state index >= 15 is 0 Å². The van der Waals surface area contributed by atoms with Gasteiger partial charge in [-0.25, -0.2) is 0 Å². The fourth-order valence-electron chi connectivity index (χ4n) is 1.33. The molecule has 1 unspecified atom stereocenters. The highest BCUT2D eigenvalue weighted by Crippen LogP contribution is 2.14. The molecule has 0 rings (SSSR count). The summed E-state index contributed by atoms with van der Waals surface area (Å²) in [4.78, 5) is 0. The highest BCUT2D eigenvalue weighted by molar-refractivity contribution is 4.73. The zero-order valence-electron chi connectivity index (χ0n) is 10.9. The average Bonchev–Trinajstić information content (AvgIpc) is 2.27. The van der Waals surface area contributed by atoms with Crippen LogP contribution < -0.4 is 0 Å². The lowest BCUT2D eigenvalue weighted by Gasteiger charge is -2.26. The maximum atomic E-state index is 9.48. The van der Waals surface area contributed by atoms with Crippen molar-refractivity contribution in [3.8, 4) is 0 Å². The monoisotopic (exact) mass is 250 g/mol. The Bertz CT molecular complexity index is 172. The second-order valence-corrected chi connectivity index (χ2v) is 4.19. The first-order chi connectivity index (χ1) is 8.04. The zero-order valence-corrected chi connectivity index (χ0v) is 10.9. The first-order valence-electron chi connectivity index (χ1n) is 6.32. The molecule has 104 valence electrons. The normalized spacial score (nSPS) is 13.9. The molecule has 0 amide bonds. The van der Waals surface area contributed by atoms with E-state index in [9.17, 15) is 15.3 Å². The molecule has 0 saturated heterocycles. The Kier molecular flexibility index (Phi) is 9.68. The number of aliphatic hydroxyl groups is 3. The smallest absolute Gasteiger partial charge is 0.191 e. The molecule has 0 bridgehead atoms. The lowest BCUT2D eigenvalue weighted by molar-refractivity contribution is -0.240. The van der Waals surface area contributed by atoms with E-state index in [1.807, 2.05) is 6.92 Å². The Labute approximate surface area is 103 Å². The second-order valence-electron chi connectivity index (χ2n) is 4.19. The summed E-state index contributed by atoms with van der Waals surface area (Å²) in [6.45, 7) is 5.34. The Balaban J connectivity index is 3.47. The van der Waals surface area contributed by atoms with Crippen molar-refractivity contribution >= 4 is 0 Å². The van der Waals surface area contributed by atoms with E-state index in [0.717, 1.165) is 12.8 Å².